The quantitative estimate of drug-likeness (QED) is 0.760. The molecule has 1 saturated heterocycles. The van der Waals surface area contributed by atoms with Crippen molar-refractivity contribution in [1.82, 2.24) is 4.90 Å². The predicted octanol–water partition coefficient (Wildman–Crippen LogP) is 4.30. The molecule has 0 unspecified atom stereocenters. The number of nitrogens with zero attached hydrogens (tertiary/aromatic N) is 2. The maximum atomic E-state index is 10.4. The number of piperazine rings is 1. The molecule has 0 bridgehead atoms. The van der Waals surface area contributed by atoms with Gasteiger partial charge in [-0.1, -0.05) is 49.6 Å². The predicted molar refractivity (Wildman–Crippen MR) is 119 cm³/mol. The summed E-state index contributed by atoms with van der Waals surface area (Å²) in [5.74, 6) is 1.58. The highest BCUT2D eigenvalue weighted by molar-refractivity contribution is 5.46. The second-order valence-electron chi connectivity index (χ2n) is 8.49. The van der Waals surface area contributed by atoms with E-state index in [1.807, 2.05) is 0 Å². The highest BCUT2D eigenvalue weighted by Gasteiger charge is 2.20. The Morgan fingerprint density at radius 3 is 2.24 bits per heavy atom. The van der Waals surface area contributed by atoms with Crippen LogP contribution in [0.4, 0.5) is 5.69 Å². The first-order valence-electron chi connectivity index (χ1n) is 11.2. The van der Waals surface area contributed by atoms with Gasteiger partial charge in [0, 0.05) is 38.4 Å². The first-order chi connectivity index (χ1) is 14.3. The minimum Gasteiger partial charge on any atom is -0.491 e. The SMILES string of the molecule is O[C@@H](COc1ccc(C2CCCCC2)cc1)CN1CCN(c2ccccc2)CC1. The summed E-state index contributed by atoms with van der Waals surface area (Å²) in [5.41, 5.74) is 2.72. The number of anilines is 1. The van der Waals surface area contributed by atoms with Crippen molar-refractivity contribution in [3.8, 4) is 5.75 Å². The molecule has 4 heteroatoms. The Hall–Kier alpha value is -2.04. The zero-order valence-electron chi connectivity index (χ0n) is 17.4. The molecule has 4 nitrogen and oxygen atoms in total. The minimum absolute atomic E-state index is 0.349. The standard InChI is InChI=1S/C25H34N2O2/c28-24(19-26-15-17-27(18-16-26)23-9-5-2-6-10-23)20-29-25-13-11-22(12-14-25)21-7-3-1-4-8-21/h2,5-6,9-14,21,24,28H,1,3-4,7-8,15-20H2/t24-/m1/s1. The van der Waals surface area contributed by atoms with Gasteiger partial charge in [-0.05, 0) is 48.6 Å². The van der Waals surface area contributed by atoms with E-state index in [2.05, 4.69) is 64.4 Å². The van der Waals surface area contributed by atoms with Gasteiger partial charge in [-0.25, -0.2) is 0 Å². The number of hydrogen-bond acceptors (Lipinski definition) is 4. The van der Waals surface area contributed by atoms with E-state index < -0.39 is 6.10 Å². The van der Waals surface area contributed by atoms with Crippen molar-refractivity contribution < 1.29 is 9.84 Å². The Morgan fingerprint density at radius 1 is 0.862 bits per heavy atom. The Balaban J connectivity index is 1.18. The largest absolute Gasteiger partial charge is 0.491 e. The molecule has 0 aromatic heterocycles. The average molecular weight is 395 g/mol. The van der Waals surface area contributed by atoms with Crippen molar-refractivity contribution in [1.29, 1.82) is 0 Å². The molecule has 0 amide bonds. The number of ether oxygens (including phenoxy) is 1. The number of aliphatic hydroxyl groups is 1. The van der Waals surface area contributed by atoms with Crippen LogP contribution in [0, 0.1) is 0 Å². The molecule has 2 aromatic carbocycles. The van der Waals surface area contributed by atoms with E-state index >= 15 is 0 Å². The van der Waals surface area contributed by atoms with Crippen LogP contribution in [-0.4, -0.2) is 55.4 Å². The molecule has 1 saturated carbocycles. The average Bonchev–Trinajstić information content (AvgIpc) is 2.80. The minimum atomic E-state index is -0.462. The zero-order chi connectivity index (χ0) is 19.9. The fourth-order valence-electron chi connectivity index (χ4n) is 4.64. The van der Waals surface area contributed by atoms with E-state index in [0.717, 1.165) is 37.8 Å². The monoisotopic (exact) mass is 394 g/mol. The number of aliphatic hydroxyl groups excluding tert-OH is 1. The lowest BCUT2D eigenvalue weighted by atomic mass is 9.84. The molecule has 0 radical (unpaired) electrons. The maximum absolute atomic E-state index is 10.4. The van der Waals surface area contributed by atoms with Crippen molar-refractivity contribution in [2.75, 3.05) is 44.2 Å². The molecule has 2 aliphatic rings. The van der Waals surface area contributed by atoms with Gasteiger partial charge in [-0.2, -0.15) is 0 Å². The number of benzene rings is 2. The van der Waals surface area contributed by atoms with Crippen LogP contribution < -0.4 is 9.64 Å². The summed E-state index contributed by atoms with van der Waals surface area (Å²) in [4.78, 5) is 4.74. The molecule has 1 N–H and O–H groups in total. The number of hydrogen-bond donors (Lipinski definition) is 1. The van der Waals surface area contributed by atoms with Crippen LogP contribution in [0.3, 0.4) is 0 Å². The van der Waals surface area contributed by atoms with Gasteiger partial charge in [-0.3, -0.25) is 4.90 Å². The maximum Gasteiger partial charge on any atom is 0.119 e. The van der Waals surface area contributed by atoms with E-state index in [1.54, 1.807) is 0 Å². The fraction of sp³-hybridized carbons (Fsp3) is 0.520. The summed E-state index contributed by atoms with van der Waals surface area (Å²) in [6, 6.07) is 19.1. The first-order valence-corrected chi connectivity index (χ1v) is 11.2. The number of β-amino-alcohol motifs (C(OH)–C–C–N with tert-alkyl or cyclic N) is 1. The zero-order valence-corrected chi connectivity index (χ0v) is 17.4. The first kappa shape index (κ1) is 20.2. The third kappa shape index (κ3) is 5.74. The third-order valence-electron chi connectivity index (χ3n) is 6.36. The number of para-hydroxylation sites is 1. The summed E-state index contributed by atoms with van der Waals surface area (Å²) in [7, 11) is 0. The van der Waals surface area contributed by atoms with Crippen molar-refractivity contribution >= 4 is 5.69 Å². The molecule has 4 rings (SSSR count). The summed E-state index contributed by atoms with van der Waals surface area (Å²) in [6.07, 6.45) is 6.27. The van der Waals surface area contributed by atoms with Gasteiger partial charge in [-0.15, -0.1) is 0 Å². The number of rotatable bonds is 7. The van der Waals surface area contributed by atoms with Crippen LogP contribution in [-0.2, 0) is 0 Å². The molecular formula is C25H34N2O2. The van der Waals surface area contributed by atoms with Gasteiger partial charge >= 0.3 is 0 Å². The van der Waals surface area contributed by atoms with E-state index in [4.69, 9.17) is 4.74 Å². The lowest BCUT2D eigenvalue weighted by Crippen LogP contribution is -2.49. The van der Waals surface area contributed by atoms with Crippen molar-refractivity contribution in [3.05, 3.63) is 60.2 Å². The van der Waals surface area contributed by atoms with Crippen LogP contribution in [0.1, 0.15) is 43.6 Å². The van der Waals surface area contributed by atoms with Crippen molar-refractivity contribution in [2.45, 2.75) is 44.1 Å². The molecule has 0 spiro atoms. The van der Waals surface area contributed by atoms with Crippen molar-refractivity contribution in [2.24, 2.45) is 0 Å². The molecule has 2 fully saturated rings. The van der Waals surface area contributed by atoms with E-state index in [-0.39, 0.29) is 0 Å². The van der Waals surface area contributed by atoms with E-state index in [1.165, 1.54) is 43.4 Å². The van der Waals surface area contributed by atoms with Crippen LogP contribution in [0.25, 0.3) is 0 Å². The highest BCUT2D eigenvalue weighted by atomic mass is 16.5. The second-order valence-corrected chi connectivity index (χ2v) is 8.49. The van der Waals surface area contributed by atoms with Gasteiger partial charge in [0.05, 0.1) is 0 Å². The fourth-order valence-corrected chi connectivity index (χ4v) is 4.64. The normalized spacial score (nSPS) is 19.8. The van der Waals surface area contributed by atoms with Gasteiger partial charge in [0.15, 0.2) is 0 Å². The van der Waals surface area contributed by atoms with Crippen LogP contribution in [0.5, 0.6) is 5.75 Å². The van der Waals surface area contributed by atoms with Crippen LogP contribution in [0.2, 0.25) is 0 Å². The van der Waals surface area contributed by atoms with Gasteiger partial charge < -0.3 is 14.7 Å². The van der Waals surface area contributed by atoms with Gasteiger partial charge in [0.25, 0.3) is 0 Å². The molecule has 2 aromatic rings. The van der Waals surface area contributed by atoms with Crippen molar-refractivity contribution in [3.63, 3.8) is 0 Å². The summed E-state index contributed by atoms with van der Waals surface area (Å²) < 4.78 is 5.86. The summed E-state index contributed by atoms with van der Waals surface area (Å²) in [5, 5.41) is 10.4. The second kappa shape index (κ2) is 10.1. The molecule has 1 aliphatic carbocycles. The molecule has 156 valence electrons. The van der Waals surface area contributed by atoms with E-state index in [9.17, 15) is 5.11 Å². The van der Waals surface area contributed by atoms with Crippen LogP contribution >= 0.6 is 0 Å². The molecule has 1 atom stereocenters. The smallest absolute Gasteiger partial charge is 0.119 e. The molecule has 1 heterocycles. The lowest BCUT2D eigenvalue weighted by Gasteiger charge is -2.36. The van der Waals surface area contributed by atoms with Gasteiger partial charge in [0.1, 0.15) is 18.5 Å². The highest BCUT2D eigenvalue weighted by Crippen LogP contribution is 2.33. The van der Waals surface area contributed by atoms with Gasteiger partial charge in [0.2, 0.25) is 0 Å². The van der Waals surface area contributed by atoms with E-state index in [0.29, 0.717) is 13.2 Å². The van der Waals surface area contributed by atoms with Crippen LogP contribution in [0.15, 0.2) is 54.6 Å². The summed E-state index contributed by atoms with van der Waals surface area (Å²) in [6.45, 7) is 4.97. The Bertz CT molecular complexity index is 720. The Labute approximate surface area is 175 Å². The lowest BCUT2D eigenvalue weighted by molar-refractivity contribution is 0.0663. The molecule has 1 aliphatic heterocycles. The molecule has 29 heavy (non-hydrogen) atoms. The Morgan fingerprint density at radius 2 is 1.55 bits per heavy atom. The molecular weight excluding hydrogens is 360 g/mol. The third-order valence-corrected chi connectivity index (χ3v) is 6.36. The summed E-state index contributed by atoms with van der Waals surface area (Å²) >= 11 is 0. The Kier molecular flexibility index (Phi) is 7.07. The topological polar surface area (TPSA) is 35.9 Å².